The number of benzene rings is 2. The number of fused-ring (bicyclic) bond motifs is 1. The number of aryl methyl sites for hydroxylation is 1. The fourth-order valence-electron chi connectivity index (χ4n) is 2.85. The van der Waals surface area contributed by atoms with Gasteiger partial charge in [-0.25, -0.2) is 0 Å². The zero-order valence-electron chi connectivity index (χ0n) is 15.4. The summed E-state index contributed by atoms with van der Waals surface area (Å²) in [5.74, 6) is 1.17. The average Bonchev–Trinajstić information content (AvgIpc) is 2.67. The van der Waals surface area contributed by atoms with Crippen LogP contribution in [0.4, 0.5) is 5.69 Å². The molecule has 1 aromatic heterocycles. The Kier molecular flexibility index (Phi) is 5.76. The van der Waals surface area contributed by atoms with Crippen LogP contribution >= 0.6 is 0 Å². The summed E-state index contributed by atoms with van der Waals surface area (Å²) in [7, 11) is 1.60. The van der Waals surface area contributed by atoms with Gasteiger partial charge in [0.2, 0.25) is 5.91 Å². The number of amides is 1. The first-order valence-corrected chi connectivity index (χ1v) is 8.82. The number of ether oxygens (including phenoxy) is 2. The molecule has 0 atom stereocenters. The minimum Gasteiger partial charge on any atom is -0.497 e. The number of rotatable bonds is 7. The molecule has 0 saturated heterocycles. The molecule has 2 N–H and O–H groups in total. The lowest BCUT2D eigenvalue weighted by Gasteiger charge is -2.11. The summed E-state index contributed by atoms with van der Waals surface area (Å²) in [4.78, 5) is 27.4. The highest BCUT2D eigenvalue weighted by Crippen LogP contribution is 2.24. The lowest BCUT2D eigenvalue weighted by atomic mass is 10.1. The zero-order chi connectivity index (χ0) is 19.2. The second-order valence-electron chi connectivity index (χ2n) is 6.05. The van der Waals surface area contributed by atoms with Gasteiger partial charge >= 0.3 is 0 Å². The number of hydrogen-bond donors (Lipinski definition) is 2. The summed E-state index contributed by atoms with van der Waals surface area (Å²) < 4.78 is 10.7. The average molecular weight is 366 g/mol. The Labute approximate surface area is 157 Å². The fraction of sp³-hybridized carbons (Fsp3) is 0.238. The molecule has 0 radical (unpaired) electrons. The van der Waals surface area contributed by atoms with Crippen LogP contribution in [0, 0.1) is 0 Å². The maximum atomic E-state index is 12.3. The molecule has 1 amide bonds. The van der Waals surface area contributed by atoms with E-state index in [1.807, 2.05) is 25.1 Å². The Hall–Kier alpha value is -3.28. The van der Waals surface area contributed by atoms with E-state index in [0.29, 0.717) is 35.8 Å². The summed E-state index contributed by atoms with van der Waals surface area (Å²) in [5, 5.41) is 3.71. The summed E-state index contributed by atoms with van der Waals surface area (Å²) in [6.45, 7) is 2.41. The number of carbonyl (C=O) groups is 1. The van der Waals surface area contributed by atoms with Gasteiger partial charge in [0.05, 0.1) is 19.4 Å². The Morgan fingerprint density at radius 3 is 2.74 bits per heavy atom. The van der Waals surface area contributed by atoms with E-state index in [1.54, 1.807) is 37.4 Å². The number of anilines is 1. The first kappa shape index (κ1) is 18.5. The lowest BCUT2D eigenvalue weighted by molar-refractivity contribution is -0.116. The second-order valence-corrected chi connectivity index (χ2v) is 6.05. The number of hydrogen-bond acceptors (Lipinski definition) is 4. The van der Waals surface area contributed by atoms with Crippen molar-refractivity contribution in [1.82, 2.24) is 4.98 Å². The van der Waals surface area contributed by atoms with Crippen LogP contribution in [0.5, 0.6) is 11.5 Å². The van der Waals surface area contributed by atoms with Crippen molar-refractivity contribution in [3.8, 4) is 11.5 Å². The Bertz CT molecular complexity index is 1010. The van der Waals surface area contributed by atoms with Gasteiger partial charge in [0.15, 0.2) is 0 Å². The summed E-state index contributed by atoms with van der Waals surface area (Å²) >= 11 is 0. The van der Waals surface area contributed by atoms with E-state index < -0.39 is 0 Å². The van der Waals surface area contributed by atoms with Gasteiger partial charge in [0, 0.05) is 22.9 Å². The molecule has 2 aromatic carbocycles. The molecule has 1 heterocycles. The molecule has 6 heteroatoms. The smallest absolute Gasteiger partial charge is 0.251 e. The fourth-order valence-corrected chi connectivity index (χ4v) is 2.85. The van der Waals surface area contributed by atoms with Crippen LogP contribution < -0.4 is 20.3 Å². The summed E-state index contributed by atoms with van der Waals surface area (Å²) in [6, 6.07) is 14.5. The first-order valence-electron chi connectivity index (χ1n) is 8.82. The highest BCUT2D eigenvalue weighted by molar-refractivity contribution is 5.92. The molecule has 6 nitrogen and oxygen atoms in total. The van der Waals surface area contributed by atoms with Gasteiger partial charge in [-0.15, -0.1) is 0 Å². The van der Waals surface area contributed by atoms with Crippen molar-refractivity contribution in [3.63, 3.8) is 0 Å². The monoisotopic (exact) mass is 366 g/mol. The van der Waals surface area contributed by atoms with Crippen molar-refractivity contribution >= 4 is 22.5 Å². The number of aromatic amines is 1. The third-order valence-electron chi connectivity index (χ3n) is 4.21. The number of pyridine rings is 1. The molecular weight excluding hydrogens is 344 g/mol. The van der Waals surface area contributed by atoms with E-state index in [1.165, 1.54) is 0 Å². The number of carbonyl (C=O) groups excluding carboxylic acids is 1. The zero-order valence-corrected chi connectivity index (χ0v) is 15.4. The standard InChI is InChI=1S/C21H22N2O4/c1-3-27-19-7-5-4-6-18(19)22-20(24)11-8-14-12-15-13-16(26-2)9-10-17(15)23-21(14)25/h4-7,9-10,12-13H,3,8,11H2,1-2H3,(H,22,24)(H,23,25). The normalized spacial score (nSPS) is 10.6. The van der Waals surface area contributed by atoms with E-state index in [2.05, 4.69) is 10.3 Å². The molecule has 140 valence electrons. The molecule has 0 unspecified atom stereocenters. The topological polar surface area (TPSA) is 80.4 Å². The number of H-pyrrole nitrogens is 1. The Morgan fingerprint density at radius 1 is 1.15 bits per heavy atom. The molecule has 3 aromatic rings. The van der Waals surface area contributed by atoms with E-state index in [4.69, 9.17) is 9.47 Å². The van der Waals surface area contributed by atoms with Gasteiger partial charge in [0.25, 0.3) is 5.56 Å². The molecular formula is C21H22N2O4. The van der Waals surface area contributed by atoms with Crippen LogP contribution in [0.2, 0.25) is 0 Å². The van der Waals surface area contributed by atoms with Crippen molar-refractivity contribution in [3.05, 3.63) is 64.4 Å². The molecule has 0 spiro atoms. The summed E-state index contributed by atoms with van der Waals surface area (Å²) in [6.07, 6.45) is 0.532. The highest BCUT2D eigenvalue weighted by atomic mass is 16.5. The highest BCUT2D eigenvalue weighted by Gasteiger charge is 2.10. The minimum absolute atomic E-state index is 0.174. The molecule has 0 saturated carbocycles. The van der Waals surface area contributed by atoms with Crippen LogP contribution in [0.3, 0.4) is 0 Å². The van der Waals surface area contributed by atoms with E-state index in [-0.39, 0.29) is 17.9 Å². The third-order valence-corrected chi connectivity index (χ3v) is 4.21. The minimum atomic E-state index is -0.185. The maximum Gasteiger partial charge on any atom is 0.251 e. The largest absolute Gasteiger partial charge is 0.497 e. The summed E-state index contributed by atoms with van der Waals surface area (Å²) in [5.41, 5.74) is 1.74. The quantitative estimate of drug-likeness (QED) is 0.671. The van der Waals surface area contributed by atoms with E-state index in [0.717, 1.165) is 10.9 Å². The first-order chi connectivity index (χ1) is 13.1. The molecule has 0 aliphatic rings. The van der Waals surface area contributed by atoms with Crippen LogP contribution in [0.25, 0.3) is 10.9 Å². The van der Waals surface area contributed by atoms with Gasteiger partial charge in [-0.1, -0.05) is 12.1 Å². The maximum absolute atomic E-state index is 12.3. The lowest BCUT2D eigenvalue weighted by Crippen LogP contribution is -2.17. The van der Waals surface area contributed by atoms with Crippen molar-refractivity contribution in [2.45, 2.75) is 19.8 Å². The van der Waals surface area contributed by atoms with Crippen LogP contribution in [0.1, 0.15) is 18.9 Å². The second kappa shape index (κ2) is 8.40. The molecule has 0 fully saturated rings. The van der Waals surface area contributed by atoms with Crippen molar-refractivity contribution in [1.29, 1.82) is 0 Å². The molecule has 0 aliphatic heterocycles. The van der Waals surface area contributed by atoms with E-state index in [9.17, 15) is 9.59 Å². The van der Waals surface area contributed by atoms with Crippen LogP contribution in [0.15, 0.2) is 53.3 Å². The third kappa shape index (κ3) is 4.47. The predicted octanol–water partition coefficient (Wildman–Crippen LogP) is 3.51. The number of aromatic nitrogens is 1. The van der Waals surface area contributed by atoms with Crippen LogP contribution in [-0.2, 0) is 11.2 Å². The van der Waals surface area contributed by atoms with Gasteiger partial charge in [-0.05, 0) is 49.7 Å². The van der Waals surface area contributed by atoms with Crippen molar-refractivity contribution < 1.29 is 14.3 Å². The van der Waals surface area contributed by atoms with Gasteiger partial charge in [-0.3, -0.25) is 9.59 Å². The van der Waals surface area contributed by atoms with Crippen LogP contribution in [-0.4, -0.2) is 24.6 Å². The number of para-hydroxylation sites is 2. The predicted molar refractivity (Wildman–Crippen MR) is 106 cm³/mol. The van der Waals surface area contributed by atoms with Gasteiger partial charge < -0.3 is 19.8 Å². The number of methoxy groups -OCH3 is 1. The molecule has 0 aliphatic carbocycles. The van der Waals surface area contributed by atoms with Gasteiger partial charge in [-0.2, -0.15) is 0 Å². The van der Waals surface area contributed by atoms with Crippen molar-refractivity contribution in [2.24, 2.45) is 0 Å². The molecule has 27 heavy (non-hydrogen) atoms. The molecule has 3 rings (SSSR count). The van der Waals surface area contributed by atoms with Crippen molar-refractivity contribution in [2.75, 3.05) is 19.0 Å². The Balaban J connectivity index is 1.71. The van der Waals surface area contributed by atoms with Gasteiger partial charge in [0.1, 0.15) is 11.5 Å². The molecule has 0 bridgehead atoms. The number of nitrogens with one attached hydrogen (secondary N) is 2. The van der Waals surface area contributed by atoms with E-state index >= 15 is 0 Å². The Morgan fingerprint density at radius 2 is 1.96 bits per heavy atom. The SMILES string of the molecule is CCOc1ccccc1NC(=O)CCc1cc2cc(OC)ccc2[nH]c1=O.